The molecule has 0 N–H and O–H groups in total. The van der Waals surface area contributed by atoms with Crippen molar-refractivity contribution in [1.29, 1.82) is 0 Å². The molecule has 0 atom stereocenters. The van der Waals surface area contributed by atoms with Crippen LogP contribution in [0.25, 0.3) is 88.0 Å². The molecule has 258 valence electrons. The average molecular weight is 704 g/mol. The summed E-state index contributed by atoms with van der Waals surface area (Å²) in [7, 11) is 0. The van der Waals surface area contributed by atoms with E-state index in [1.54, 1.807) is 0 Å². The molecule has 0 aliphatic carbocycles. The highest BCUT2D eigenvalue weighted by atomic mass is 16.3. The summed E-state index contributed by atoms with van der Waals surface area (Å²) in [6, 6.07) is 70.9. The summed E-state index contributed by atoms with van der Waals surface area (Å²) in [5, 5.41) is 6.43. The Balaban J connectivity index is 1.07. The minimum atomic E-state index is 0.843. The van der Waals surface area contributed by atoms with Gasteiger partial charge in [-0.2, -0.15) is 0 Å². The van der Waals surface area contributed by atoms with Crippen molar-refractivity contribution in [2.45, 2.75) is 0 Å². The van der Waals surface area contributed by atoms with Gasteiger partial charge < -0.3 is 13.7 Å². The van der Waals surface area contributed by atoms with Crippen molar-refractivity contribution in [3.63, 3.8) is 0 Å². The van der Waals surface area contributed by atoms with Crippen molar-refractivity contribution < 1.29 is 8.83 Å². The molecule has 11 rings (SSSR count). The summed E-state index contributed by atoms with van der Waals surface area (Å²) < 4.78 is 13.3. The van der Waals surface area contributed by atoms with Crippen LogP contribution in [0.5, 0.6) is 0 Å². The van der Waals surface area contributed by atoms with E-state index in [1.165, 1.54) is 33.4 Å². The lowest BCUT2D eigenvalue weighted by molar-refractivity contribution is 0.665. The first-order valence-electron chi connectivity index (χ1n) is 18.7. The van der Waals surface area contributed by atoms with E-state index >= 15 is 0 Å². The summed E-state index contributed by atoms with van der Waals surface area (Å²) in [5.41, 5.74) is 13.7. The molecule has 0 radical (unpaired) electrons. The Bertz CT molecular complexity index is 3160. The molecule has 0 aliphatic rings. The second-order valence-electron chi connectivity index (χ2n) is 14.1. The molecule has 0 amide bonds. The third-order valence-electron chi connectivity index (χ3n) is 10.9. The highest BCUT2D eigenvalue weighted by Crippen LogP contribution is 2.46. The minimum absolute atomic E-state index is 0.843. The van der Waals surface area contributed by atoms with Gasteiger partial charge in [-0.05, 0) is 87.3 Å². The first kappa shape index (κ1) is 31.2. The van der Waals surface area contributed by atoms with Crippen LogP contribution < -0.4 is 4.90 Å². The van der Waals surface area contributed by atoms with E-state index in [9.17, 15) is 0 Å². The standard InChI is InChI=1S/C52H33NO2/c1-3-11-34(12-4-1)36-19-21-37(22-20-36)39-25-29-41(30-26-39)53(40-27-23-38(24-28-40)35-13-5-2-6-14-35)42-31-32-48-46(33-42)49-43-15-7-8-16-44(43)51-50(52(49)55-48)45-17-9-10-18-47(45)54-51/h1-33H. The van der Waals surface area contributed by atoms with Gasteiger partial charge in [0.2, 0.25) is 0 Å². The molecular formula is C52H33NO2. The van der Waals surface area contributed by atoms with Crippen LogP contribution in [0.2, 0.25) is 0 Å². The third-order valence-corrected chi connectivity index (χ3v) is 10.9. The number of nitrogens with zero attached hydrogens (tertiary/aromatic N) is 1. The van der Waals surface area contributed by atoms with Gasteiger partial charge in [0.25, 0.3) is 0 Å². The fraction of sp³-hybridized carbons (Fsp3) is 0. The molecule has 0 spiro atoms. The zero-order chi connectivity index (χ0) is 36.3. The van der Waals surface area contributed by atoms with Gasteiger partial charge in [-0.25, -0.2) is 0 Å². The summed E-state index contributed by atoms with van der Waals surface area (Å²) in [6.07, 6.45) is 0. The number of anilines is 3. The average Bonchev–Trinajstić information content (AvgIpc) is 3.84. The highest BCUT2D eigenvalue weighted by Gasteiger charge is 2.22. The van der Waals surface area contributed by atoms with E-state index < -0.39 is 0 Å². The van der Waals surface area contributed by atoms with E-state index in [2.05, 4.69) is 193 Å². The summed E-state index contributed by atoms with van der Waals surface area (Å²) in [6.45, 7) is 0. The number of hydrogen-bond acceptors (Lipinski definition) is 3. The fourth-order valence-electron chi connectivity index (χ4n) is 8.20. The lowest BCUT2D eigenvalue weighted by atomic mass is 9.99. The summed E-state index contributed by atoms with van der Waals surface area (Å²) >= 11 is 0. The lowest BCUT2D eigenvalue weighted by Crippen LogP contribution is -2.09. The largest absolute Gasteiger partial charge is 0.455 e. The molecule has 2 aromatic heterocycles. The van der Waals surface area contributed by atoms with Crippen LogP contribution in [0.1, 0.15) is 0 Å². The van der Waals surface area contributed by atoms with E-state index in [4.69, 9.17) is 8.83 Å². The Kier molecular flexibility index (Phi) is 7.17. The predicted molar refractivity (Wildman–Crippen MR) is 229 cm³/mol. The van der Waals surface area contributed by atoms with Crippen molar-refractivity contribution in [3.8, 4) is 33.4 Å². The molecule has 0 fully saturated rings. The Morgan fingerprint density at radius 3 is 1.27 bits per heavy atom. The number of fused-ring (bicyclic) bond motifs is 10. The Hall–Kier alpha value is -7.36. The smallest absolute Gasteiger partial charge is 0.147 e. The maximum atomic E-state index is 6.77. The van der Waals surface area contributed by atoms with E-state index in [0.29, 0.717) is 0 Å². The van der Waals surface area contributed by atoms with E-state index in [-0.39, 0.29) is 0 Å². The number of para-hydroxylation sites is 1. The van der Waals surface area contributed by atoms with Crippen LogP contribution in [0, 0.1) is 0 Å². The molecule has 3 nitrogen and oxygen atoms in total. The molecule has 3 heteroatoms. The lowest BCUT2D eigenvalue weighted by Gasteiger charge is -2.26. The highest BCUT2D eigenvalue weighted by molar-refractivity contribution is 6.33. The fourth-order valence-corrected chi connectivity index (χ4v) is 8.20. The molecular weight excluding hydrogens is 671 g/mol. The minimum Gasteiger partial charge on any atom is -0.455 e. The number of furan rings is 2. The SMILES string of the molecule is c1ccc(-c2ccc(-c3ccc(N(c4ccc(-c5ccccc5)cc4)c4ccc5oc6c(c5c4)c4ccccc4c4oc5ccccc5c46)cc3)cc2)cc1. The quantitative estimate of drug-likeness (QED) is 0.173. The molecule has 0 saturated carbocycles. The third kappa shape index (κ3) is 5.20. The van der Waals surface area contributed by atoms with Gasteiger partial charge in [0.05, 0.1) is 5.39 Å². The van der Waals surface area contributed by atoms with Gasteiger partial charge in [-0.15, -0.1) is 0 Å². The molecule has 0 aliphatic heterocycles. The van der Waals surface area contributed by atoms with Gasteiger partial charge in [-0.3, -0.25) is 0 Å². The van der Waals surface area contributed by atoms with Crippen molar-refractivity contribution in [2.75, 3.05) is 4.90 Å². The zero-order valence-electron chi connectivity index (χ0n) is 29.8. The maximum Gasteiger partial charge on any atom is 0.147 e. The monoisotopic (exact) mass is 703 g/mol. The van der Waals surface area contributed by atoms with Gasteiger partial charge >= 0.3 is 0 Å². The molecule has 11 aromatic rings. The van der Waals surface area contributed by atoms with Crippen LogP contribution in [0.15, 0.2) is 209 Å². The Morgan fingerprint density at radius 2 is 0.691 bits per heavy atom. The van der Waals surface area contributed by atoms with E-state index in [1.807, 2.05) is 12.1 Å². The van der Waals surface area contributed by atoms with Gasteiger partial charge in [0, 0.05) is 38.6 Å². The van der Waals surface area contributed by atoms with Crippen molar-refractivity contribution >= 4 is 71.7 Å². The number of rotatable bonds is 6. The van der Waals surface area contributed by atoms with Gasteiger partial charge in [0.15, 0.2) is 0 Å². The molecule has 2 heterocycles. The maximum absolute atomic E-state index is 6.77. The van der Waals surface area contributed by atoms with Crippen LogP contribution in [-0.4, -0.2) is 0 Å². The summed E-state index contributed by atoms with van der Waals surface area (Å²) in [4.78, 5) is 2.34. The Morgan fingerprint density at radius 1 is 0.273 bits per heavy atom. The first-order valence-corrected chi connectivity index (χ1v) is 18.7. The molecule has 55 heavy (non-hydrogen) atoms. The topological polar surface area (TPSA) is 29.5 Å². The van der Waals surface area contributed by atoms with Crippen LogP contribution in [0.3, 0.4) is 0 Å². The molecule has 0 saturated heterocycles. The van der Waals surface area contributed by atoms with Crippen LogP contribution >= 0.6 is 0 Å². The van der Waals surface area contributed by atoms with Crippen LogP contribution in [0.4, 0.5) is 17.1 Å². The van der Waals surface area contributed by atoms with Crippen molar-refractivity contribution in [1.82, 2.24) is 0 Å². The molecule has 0 bridgehead atoms. The summed E-state index contributed by atoms with van der Waals surface area (Å²) in [5.74, 6) is 0. The molecule has 0 unspecified atom stereocenters. The number of benzene rings is 9. The zero-order valence-corrected chi connectivity index (χ0v) is 29.8. The molecule has 9 aromatic carbocycles. The predicted octanol–water partition coefficient (Wildman–Crippen LogP) is 15.1. The van der Waals surface area contributed by atoms with Crippen molar-refractivity contribution in [2.24, 2.45) is 0 Å². The normalized spacial score (nSPS) is 11.6. The van der Waals surface area contributed by atoms with Crippen LogP contribution in [-0.2, 0) is 0 Å². The number of hydrogen-bond donors (Lipinski definition) is 0. The van der Waals surface area contributed by atoms with Gasteiger partial charge in [0.1, 0.15) is 22.3 Å². The van der Waals surface area contributed by atoms with Crippen molar-refractivity contribution in [3.05, 3.63) is 200 Å². The second kappa shape index (κ2) is 12.6. The van der Waals surface area contributed by atoms with Gasteiger partial charge in [-0.1, -0.05) is 152 Å². The Labute approximate surface area is 317 Å². The second-order valence-corrected chi connectivity index (χ2v) is 14.1. The van der Waals surface area contributed by atoms with E-state index in [0.717, 1.165) is 71.7 Å². The first-order chi connectivity index (χ1) is 27.3.